The molecule has 2 rings (SSSR count). The van der Waals surface area contributed by atoms with E-state index >= 15 is 0 Å². The summed E-state index contributed by atoms with van der Waals surface area (Å²) < 4.78 is 0. The van der Waals surface area contributed by atoms with Crippen LogP contribution in [0.15, 0.2) is 0 Å². The Balaban J connectivity index is 1.74. The zero-order chi connectivity index (χ0) is 21.8. The van der Waals surface area contributed by atoms with Gasteiger partial charge >= 0.3 is 0 Å². The number of nitrogens with two attached hydrogens (primary N) is 1. The minimum atomic E-state index is -0.825. The molecule has 9 heteroatoms. The highest BCUT2D eigenvalue weighted by atomic mass is 16.2. The number of hydrogen-bond acceptors (Lipinski definition) is 5. The summed E-state index contributed by atoms with van der Waals surface area (Å²) in [4.78, 5) is 29.2. The van der Waals surface area contributed by atoms with Crippen LogP contribution in [0.3, 0.4) is 0 Å². The van der Waals surface area contributed by atoms with Crippen molar-refractivity contribution in [3.05, 3.63) is 11.6 Å². The molecule has 0 aliphatic heterocycles. The standard InChI is InChI=1S/C21H37N7O2/c1-2-3-4-5-6-11-19(29)25-16(14-17(22)23)21(30)24-13-12-18-26-20(28-27-18)15-9-7-8-10-15/h15-16H,2-14H2,1H3,(H3,22,23)(H,24,30)(H,25,29)(H,26,27,28)/t16-/m1/s1. The van der Waals surface area contributed by atoms with Gasteiger partial charge in [0, 0.05) is 31.7 Å². The number of amidine groups is 1. The lowest BCUT2D eigenvalue weighted by molar-refractivity contribution is -0.128. The van der Waals surface area contributed by atoms with Crippen molar-refractivity contribution in [3.63, 3.8) is 0 Å². The van der Waals surface area contributed by atoms with Crippen LogP contribution in [0.5, 0.6) is 0 Å². The summed E-state index contributed by atoms with van der Waals surface area (Å²) in [6.07, 6.45) is 10.9. The maximum atomic E-state index is 12.5. The minimum Gasteiger partial charge on any atom is -0.388 e. The maximum absolute atomic E-state index is 12.5. The molecule has 1 heterocycles. The summed E-state index contributed by atoms with van der Waals surface area (Å²) in [6.45, 7) is 2.52. The van der Waals surface area contributed by atoms with Crippen molar-refractivity contribution >= 4 is 17.6 Å². The molecule has 0 bridgehead atoms. The van der Waals surface area contributed by atoms with Crippen molar-refractivity contribution in [2.24, 2.45) is 5.73 Å². The number of carbonyl (C=O) groups is 2. The molecule has 6 N–H and O–H groups in total. The Labute approximate surface area is 178 Å². The van der Waals surface area contributed by atoms with Crippen LogP contribution in [0.1, 0.15) is 95.1 Å². The van der Waals surface area contributed by atoms with Crippen LogP contribution in [0.4, 0.5) is 0 Å². The Hall–Kier alpha value is -2.45. The second-order valence-corrected chi connectivity index (χ2v) is 8.18. The van der Waals surface area contributed by atoms with E-state index in [0.29, 0.717) is 25.3 Å². The van der Waals surface area contributed by atoms with Gasteiger partial charge in [-0.1, -0.05) is 45.4 Å². The number of nitrogens with zero attached hydrogens (tertiary/aromatic N) is 2. The highest BCUT2D eigenvalue weighted by molar-refractivity contribution is 5.92. The highest BCUT2D eigenvalue weighted by Gasteiger charge is 2.23. The number of amides is 2. The molecule has 30 heavy (non-hydrogen) atoms. The second-order valence-electron chi connectivity index (χ2n) is 8.18. The zero-order valence-electron chi connectivity index (χ0n) is 18.1. The molecule has 0 aromatic carbocycles. The number of carbonyl (C=O) groups excluding carboxylic acids is 2. The van der Waals surface area contributed by atoms with Crippen LogP contribution in [0.25, 0.3) is 0 Å². The molecule has 0 radical (unpaired) electrons. The first kappa shape index (κ1) is 23.8. The average molecular weight is 420 g/mol. The van der Waals surface area contributed by atoms with E-state index in [-0.39, 0.29) is 24.1 Å². The molecule has 0 spiro atoms. The van der Waals surface area contributed by atoms with E-state index in [0.717, 1.165) is 50.2 Å². The molecule has 1 aliphatic carbocycles. The lowest BCUT2D eigenvalue weighted by atomic mass is 10.1. The van der Waals surface area contributed by atoms with Crippen molar-refractivity contribution in [3.8, 4) is 0 Å². The first-order valence-corrected chi connectivity index (χ1v) is 11.3. The number of rotatable bonds is 14. The van der Waals surface area contributed by atoms with Gasteiger partial charge in [-0.15, -0.1) is 0 Å². The van der Waals surface area contributed by atoms with Gasteiger partial charge in [-0.3, -0.25) is 20.1 Å². The number of H-pyrrole nitrogens is 1. The van der Waals surface area contributed by atoms with Crippen molar-refractivity contribution < 1.29 is 9.59 Å². The molecule has 1 aromatic heterocycles. The van der Waals surface area contributed by atoms with Crippen LogP contribution in [0, 0.1) is 5.41 Å². The Kier molecular flexibility index (Phi) is 10.3. The Morgan fingerprint density at radius 2 is 1.97 bits per heavy atom. The SMILES string of the molecule is CCCCCCCC(=O)N[C@H](CC(=N)N)C(=O)NCCc1nc(C2CCCC2)n[nH]1. The Morgan fingerprint density at radius 3 is 2.67 bits per heavy atom. The zero-order valence-corrected chi connectivity index (χ0v) is 18.1. The summed E-state index contributed by atoms with van der Waals surface area (Å²) in [5.41, 5.74) is 5.47. The molecule has 0 unspecified atom stereocenters. The molecule has 168 valence electrons. The average Bonchev–Trinajstić information content (AvgIpc) is 3.38. The monoisotopic (exact) mass is 419 g/mol. The van der Waals surface area contributed by atoms with Gasteiger partial charge in [0.05, 0.1) is 5.84 Å². The van der Waals surface area contributed by atoms with Gasteiger partial charge in [0.25, 0.3) is 0 Å². The molecule has 1 aliphatic rings. The number of unbranched alkanes of at least 4 members (excludes halogenated alkanes) is 4. The molecule has 1 saturated carbocycles. The molecule has 0 saturated heterocycles. The van der Waals surface area contributed by atoms with E-state index in [1.807, 2.05) is 0 Å². The van der Waals surface area contributed by atoms with Crippen molar-refractivity contribution in [1.82, 2.24) is 25.8 Å². The summed E-state index contributed by atoms with van der Waals surface area (Å²) in [5.74, 6) is 1.42. The number of nitrogens with one attached hydrogen (secondary N) is 4. The van der Waals surface area contributed by atoms with E-state index in [4.69, 9.17) is 11.1 Å². The molecular formula is C21H37N7O2. The first-order chi connectivity index (χ1) is 14.5. The summed E-state index contributed by atoms with van der Waals surface area (Å²) in [6, 6.07) is -0.825. The summed E-state index contributed by atoms with van der Waals surface area (Å²) >= 11 is 0. The fourth-order valence-corrected chi connectivity index (χ4v) is 3.80. The van der Waals surface area contributed by atoms with Crippen LogP contribution in [0.2, 0.25) is 0 Å². The van der Waals surface area contributed by atoms with Gasteiger partial charge < -0.3 is 16.4 Å². The van der Waals surface area contributed by atoms with Crippen molar-refractivity contribution in [1.29, 1.82) is 5.41 Å². The predicted molar refractivity (Wildman–Crippen MR) is 116 cm³/mol. The fourth-order valence-electron chi connectivity index (χ4n) is 3.80. The molecule has 2 amide bonds. The van der Waals surface area contributed by atoms with Crippen molar-refractivity contribution in [2.75, 3.05) is 6.54 Å². The van der Waals surface area contributed by atoms with Crippen LogP contribution < -0.4 is 16.4 Å². The third-order valence-electron chi connectivity index (χ3n) is 5.51. The topological polar surface area (TPSA) is 150 Å². The third kappa shape index (κ3) is 8.51. The molecule has 9 nitrogen and oxygen atoms in total. The van der Waals surface area contributed by atoms with Gasteiger partial charge in [-0.05, 0) is 19.3 Å². The maximum Gasteiger partial charge on any atom is 0.243 e. The number of aromatic nitrogens is 3. The lowest BCUT2D eigenvalue weighted by Gasteiger charge is -2.18. The normalized spacial score (nSPS) is 15.1. The van der Waals surface area contributed by atoms with Gasteiger partial charge in [0.15, 0.2) is 5.82 Å². The Morgan fingerprint density at radius 1 is 1.23 bits per heavy atom. The van der Waals surface area contributed by atoms with E-state index in [1.54, 1.807) is 0 Å². The predicted octanol–water partition coefficient (Wildman–Crippen LogP) is 2.29. The fraction of sp³-hybridized carbons (Fsp3) is 0.762. The van der Waals surface area contributed by atoms with Gasteiger partial charge in [0.1, 0.15) is 11.9 Å². The molecular weight excluding hydrogens is 382 g/mol. The second kappa shape index (κ2) is 13.0. The summed E-state index contributed by atoms with van der Waals surface area (Å²) in [5, 5.41) is 20.3. The van der Waals surface area contributed by atoms with E-state index in [2.05, 4.69) is 32.7 Å². The van der Waals surface area contributed by atoms with Gasteiger partial charge in [0.2, 0.25) is 11.8 Å². The smallest absolute Gasteiger partial charge is 0.243 e. The third-order valence-corrected chi connectivity index (χ3v) is 5.51. The summed E-state index contributed by atoms with van der Waals surface area (Å²) in [7, 11) is 0. The van der Waals surface area contributed by atoms with Crippen LogP contribution in [-0.4, -0.2) is 45.4 Å². The highest BCUT2D eigenvalue weighted by Crippen LogP contribution is 2.31. The lowest BCUT2D eigenvalue weighted by Crippen LogP contribution is -2.48. The first-order valence-electron chi connectivity index (χ1n) is 11.3. The molecule has 1 aromatic rings. The van der Waals surface area contributed by atoms with E-state index in [1.165, 1.54) is 19.3 Å². The van der Waals surface area contributed by atoms with E-state index < -0.39 is 6.04 Å². The van der Waals surface area contributed by atoms with Crippen molar-refractivity contribution in [2.45, 2.75) is 95.9 Å². The van der Waals surface area contributed by atoms with Crippen LogP contribution >= 0.6 is 0 Å². The molecule has 1 fully saturated rings. The molecule has 1 atom stereocenters. The van der Waals surface area contributed by atoms with Crippen LogP contribution in [-0.2, 0) is 16.0 Å². The van der Waals surface area contributed by atoms with Gasteiger partial charge in [-0.2, -0.15) is 5.10 Å². The van der Waals surface area contributed by atoms with Gasteiger partial charge in [-0.25, -0.2) is 4.98 Å². The van der Waals surface area contributed by atoms with E-state index in [9.17, 15) is 9.59 Å². The largest absolute Gasteiger partial charge is 0.388 e. The Bertz CT molecular complexity index is 683. The number of aromatic amines is 1. The quantitative estimate of drug-likeness (QED) is 0.178. The minimum absolute atomic E-state index is 0.00153. The number of hydrogen-bond donors (Lipinski definition) is 5.